The van der Waals surface area contributed by atoms with Crippen molar-refractivity contribution in [1.29, 1.82) is 0 Å². The first-order valence-corrected chi connectivity index (χ1v) is 12.5. The molecular weight excluding hydrogens is 386 g/mol. The van der Waals surface area contributed by atoms with Gasteiger partial charge in [-0.2, -0.15) is 12.8 Å². The van der Waals surface area contributed by atoms with Gasteiger partial charge in [0, 0.05) is 0 Å². The van der Waals surface area contributed by atoms with Crippen molar-refractivity contribution in [2.45, 2.75) is 12.8 Å². The fraction of sp³-hybridized carbons (Fsp3) is 0.125. The van der Waals surface area contributed by atoms with Gasteiger partial charge in [-0.1, -0.05) is 35.4 Å². The van der Waals surface area contributed by atoms with Crippen LogP contribution in [-0.2, 0) is 33.7 Å². The average Bonchev–Trinajstić information content (AvgIpc) is 2.48. The molecule has 21 heavy (non-hydrogen) atoms. The van der Waals surface area contributed by atoms with Gasteiger partial charge in [-0.25, -0.2) is 0 Å². The normalized spacial score (nSPS) is 8.57. The van der Waals surface area contributed by atoms with Crippen LogP contribution in [0.25, 0.3) is 0 Å². The van der Waals surface area contributed by atoms with Gasteiger partial charge in [-0.05, 0) is 24.3 Å². The molecule has 0 aliphatic carbocycles. The number of benzene rings is 2. The van der Waals surface area contributed by atoms with Crippen LogP contribution in [0.15, 0.2) is 48.5 Å². The topological polar surface area (TPSA) is 40.5 Å². The van der Waals surface area contributed by atoms with Gasteiger partial charge in [0.1, 0.15) is 11.5 Å². The number of phenolic OH excluding ortho intramolecular Hbond substituents is 2. The Morgan fingerprint density at radius 1 is 0.810 bits per heavy atom. The van der Waals surface area contributed by atoms with Gasteiger partial charge in [0.15, 0.2) is 0 Å². The van der Waals surface area contributed by atoms with E-state index in [9.17, 15) is 0 Å². The Hall–Kier alpha value is -0.497. The van der Waals surface area contributed by atoms with Crippen molar-refractivity contribution in [3.63, 3.8) is 0 Å². The molecule has 2 aromatic rings. The van der Waals surface area contributed by atoms with Gasteiger partial charge in [-0.15, -0.1) is 0 Å². The zero-order valence-electron chi connectivity index (χ0n) is 11.6. The fourth-order valence-electron chi connectivity index (χ4n) is 1.42. The average molecular weight is 404 g/mol. The summed E-state index contributed by atoms with van der Waals surface area (Å²) in [5.41, 5.74) is 2.13. The third kappa shape index (κ3) is 10.8. The zero-order valence-corrected chi connectivity index (χ0v) is 15.6. The first-order chi connectivity index (χ1) is 10.1. The molecule has 0 unspecified atom stereocenters. The van der Waals surface area contributed by atoms with Crippen LogP contribution in [0, 0.1) is 13.8 Å². The van der Waals surface area contributed by atoms with Crippen molar-refractivity contribution in [3.8, 4) is 11.5 Å². The number of hydrogen-bond acceptors (Lipinski definition) is 2. The predicted molar refractivity (Wildman–Crippen MR) is 86.0 cm³/mol. The molecule has 0 saturated carbocycles. The second-order valence-corrected chi connectivity index (χ2v) is 7.64. The molecule has 2 N–H and O–H groups in total. The molecule has 0 bridgehead atoms. The number of hydrogen-bond donors (Lipinski definition) is 2. The Bertz CT molecular complexity index is 462. The Morgan fingerprint density at radius 2 is 1.14 bits per heavy atom. The maximum atomic E-state index is 8.92. The van der Waals surface area contributed by atoms with Crippen LogP contribution in [-0.4, -0.2) is 10.2 Å². The fourth-order valence-corrected chi connectivity index (χ4v) is 1.42. The monoisotopic (exact) mass is 402 g/mol. The van der Waals surface area contributed by atoms with Gasteiger partial charge >= 0.3 is 37.9 Å². The minimum atomic E-state index is -0.826. The number of phenols is 2. The van der Waals surface area contributed by atoms with Crippen molar-refractivity contribution in [2.24, 2.45) is 0 Å². The minimum absolute atomic E-state index is 0.316. The van der Waals surface area contributed by atoms with E-state index in [0.29, 0.717) is 11.5 Å². The molecule has 0 aliphatic heterocycles. The van der Waals surface area contributed by atoms with Crippen LogP contribution in [0.5, 0.6) is 11.5 Å². The SMILES string of the molecule is [CH2-]Cc1cccc(O)c1.[CH2-]Cc1cccc(O)c1.[Cl][Zr+2][Cl]. The van der Waals surface area contributed by atoms with Gasteiger partial charge in [-0.3, -0.25) is 0 Å². The molecular formula is C16H18Cl2O2Zr. The molecule has 0 aromatic heterocycles. The molecule has 2 aromatic carbocycles. The second kappa shape index (κ2) is 13.2. The van der Waals surface area contributed by atoms with Gasteiger partial charge in [0.25, 0.3) is 0 Å². The second-order valence-electron chi connectivity index (χ2n) is 3.91. The van der Waals surface area contributed by atoms with Crippen LogP contribution in [0.3, 0.4) is 0 Å². The summed E-state index contributed by atoms with van der Waals surface area (Å²) in [7, 11) is 9.87. The van der Waals surface area contributed by atoms with Crippen molar-refractivity contribution >= 4 is 17.0 Å². The predicted octanol–water partition coefficient (Wildman–Crippen LogP) is 4.91. The molecule has 5 heteroatoms. The van der Waals surface area contributed by atoms with Gasteiger partial charge in [0.05, 0.1) is 0 Å². The first-order valence-electron chi connectivity index (χ1n) is 6.18. The summed E-state index contributed by atoms with van der Waals surface area (Å²) in [6.07, 6.45) is 1.46. The summed E-state index contributed by atoms with van der Waals surface area (Å²) < 4.78 is 0. The van der Waals surface area contributed by atoms with Crippen LogP contribution < -0.4 is 0 Å². The third-order valence-corrected chi connectivity index (χ3v) is 2.40. The van der Waals surface area contributed by atoms with E-state index < -0.39 is 20.8 Å². The summed E-state index contributed by atoms with van der Waals surface area (Å²) in [5, 5.41) is 17.8. The summed E-state index contributed by atoms with van der Waals surface area (Å²) in [6, 6.07) is 14.2. The van der Waals surface area contributed by atoms with Crippen molar-refractivity contribution < 1.29 is 31.1 Å². The van der Waals surface area contributed by atoms with Gasteiger partial charge < -0.3 is 24.1 Å². The summed E-state index contributed by atoms with van der Waals surface area (Å²) in [4.78, 5) is 0. The molecule has 0 atom stereocenters. The Morgan fingerprint density at radius 3 is 1.33 bits per heavy atom. The molecule has 0 saturated heterocycles. The van der Waals surface area contributed by atoms with Crippen molar-refractivity contribution in [3.05, 3.63) is 73.5 Å². The molecule has 0 spiro atoms. The van der Waals surface area contributed by atoms with E-state index in [2.05, 4.69) is 13.8 Å². The molecule has 2 nitrogen and oxygen atoms in total. The van der Waals surface area contributed by atoms with E-state index in [-0.39, 0.29) is 0 Å². The van der Waals surface area contributed by atoms with Gasteiger partial charge in [0.2, 0.25) is 0 Å². The van der Waals surface area contributed by atoms with E-state index in [1.165, 1.54) is 0 Å². The van der Waals surface area contributed by atoms with E-state index in [1.54, 1.807) is 24.3 Å². The molecule has 0 heterocycles. The standard InChI is InChI=1S/2C8H9O.2ClH.Zr/c2*1-2-7-4-3-5-8(9)6-7;;;/h2*3-6,9H,1-2H2;2*1H;/q2*-1;;;+4/p-2. The molecule has 112 valence electrons. The van der Waals surface area contributed by atoms with E-state index in [4.69, 9.17) is 27.2 Å². The van der Waals surface area contributed by atoms with Crippen LogP contribution in [0.2, 0.25) is 0 Å². The zero-order chi connectivity index (χ0) is 16.1. The summed E-state index contributed by atoms with van der Waals surface area (Å²) in [6.45, 7) is 7.37. The Labute approximate surface area is 145 Å². The van der Waals surface area contributed by atoms with Crippen LogP contribution >= 0.6 is 17.0 Å². The number of halogens is 2. The van der Waals surface area contributed by atoms with Crippen LogP contribution in [0.4, 0.5) is 0 Å². The molecule has 0 fully saturated rings. The maximum absolute atomic E-state index is 8.92. The van der Waals surface area contributed by atoms with E-state index in [1.807, 2.05) is 24.3 Å². The number of rotatable bonds is 2. The molecule has 2 rings (SSSR count). The van der Waals surface area contributed by atoms with Crippen molar-refractivity contribution in [1.82, 2.24) is 0 Å². The molecule has 0 amide bonds. The first kappa shape index (κ1) is 20.5. The van der Waals surface area contributed by atoms with E-state index in [0.717, 1.165) is 24.0 Å². The quantitative estimate of drug-likeness (QED) is 0.698. The molecule has 0 aliphatic rings. The Kier molecular flexibility index (Phi) is 12.9. The van der Waals surface area contributed by atoms with E-state index >= 15 is 0 Å². The van der Waals surface area contributed by atoms with Crippen LogP contribution in [0.1, 0.15) is 11.1 Å². The summed E-state index contributed by atoms with van der Waals surface area (Å²) in [5.74, 6) is 0.632. The number of aromatic hydroxyl groups is 2. The third-order valence-electron chi connectivity index (χ3n) is 2.40. The van der Waals surface area contributed by atoms with Crippen molar-refractivity contribution in [2.75, 3.05) is 0 Å². The molecule has 0 radical (unpaired) electrons. The summed E-state index contributed by atoms with van der Waals surface area (Å²) >= 11 is -0.826. The Balaban J connectivity index is 0.000000322.